The Labute approximate surface area is 404 Å². The molecule has 0 aliphatic heterocycles. The number of benzene rings is 3. The third kappa shape index (κ3) is 27.4. The first-order valence-electron chi connectivity index (χ1n) is 24.2. The number of ether oxygens (including phenoxy) is 1. The molecule has 0 spiro atoms. The molecule has 0 atom stereocenters. The van der Waals surface area contributed by atoms with E-state index in [9.17, 15) is 55.2 Å². The summed E-state index contributed by atoms with van der Waals surface area (Å²) in [5, 5.41) is 81.7. The number of esters is 1. The molecule has 67 heavy (non-hydrogen) atoms. The van der Waals surface area contributed by atoms with E-state index in [1.54, 1.807) is 13.8 Å². The minimum Gasteiger partial charge on any atom is -0.504 e. The highest BCUT2D eigenvalue weighted by Gasteiger charge is 2.27. The molecule has 12 heteroatoms. The largest absolute Gasteiger partial charge is 0.504 e. The number of allylic oxidation sites excluding steroid dienone is 2. The molecule has 8 N–H and O–H groups in total. The molecular formula is C55H90O12. The van der Waals surface area contributed by atoms with Gasteiger partial charge in [0, 0.05) is 22.8 Å². The van der Waals surface area contributed by atoms with Crippen molar-refractivity contribution in [3.8, 4) is 34.5 Å². The maximum atomic E-state index is 13.0. The van der Waals surface area contributed by atoms with Gasteiger partial charge in [0.25, 0.3) is 0 Å². The van der Waals surface area contributed by atoms with Crippen LogP contribution in [0.4, 0.5) is 0 Å². The molecule has 3 rings (SSSR count). The van der Waals surface area contributed by atoms with Crippen molar-refractivity contribution < 1.29 is 60.0 Å². The van der Waals surface area contributed by atoms with Crippen LogP contribution in [0.5, 0.6) is 34.5 Å². The topological polar surface area (TPSA) is 222 Å². The van der Waals surface area contributed by atoms with E-state index in [-0.39, 0.29) is 58.2 Å². The lowest BCUT2D eigenvalue weighted by molar-refractivity contribution is -0.144. The van der Waals surface area contributed by atoms with Crippen molar-refractivity contribution in [3.05, 3.63) is 82.1 Å². The maximum absolute atomic E-state index is 13.0. The van der Waals surface area contributed by atoms with Crippen LogP contribution in [0.2, 0.25) is 0 Å². The zero-order valence-corrected chi connectivity index (χ0v) is 44.2. The number of aliphatic carboxylic acids is 2. The molecule has 0 saturated heterocycles. The molecule has 0 heterocycles. The number of carboxylic acids is 2. The van der Waals surface area contributed by atoms with Gasteiger partial charge in [-0.25, -0.2) is 14.4 Å². The molecule has 382 valence electrons. The highest BCUT2D eigenvalue weighted by atomic mass is 16.6. The smallest absolute Gasteiger partial charge is 0.372 e. The van der Waals surface area contributed by atoms with Crippen LogP contribution in [0.3, 0.4) is 0 Å². The molecule has 0 bridgehead atoms. The van der Waals surface area contributed by atoms with Gasteiger partial charge < -0.3 is 45.6 Å². The van der Waals surface area contributed by atoms with Crippen LogP contribution >= 0.6 is 0 Å². The number of aromatic hydroxyl groups is 6. The fourth-order valence-electron chi connectivity index (χ4n) is 5.13. The van der Waals surface area contributed by atoms with E-state index in [0.29, 0.717) is 12.8 Å². The van der Waals surface area contributed by atoms with E-state index in [1.165, 1.54) is 74.9 Å². The Balaban J connectivity index is -0.000000548. The number of carbonyl (C=O) groups excluding carboxylic acids is 1. The van der Waals surface area contributed by atoms with E-state index in [4.69, 9.17) is 4.74 Å². The van der Waals surface area contributed by atoms with E-state index < -0.39 is 63.7 Å². The van der Waals surface area contributed by atoms with E-state index in [0.717, 1.165) is 18.2 Å². The Hall–Kier alpha value is -5.91. The summed E-state index contributed by atoms with van der Waals surface area (Å²) < 4.78 is 5.23. The maximum Gasteiger partial charge on any atom is 0.372 e. The van der Waals surface area contributed by atoms with Crippen molar-refractivity contribution in [1.82, 2.24) is 0 Å². The fraction of sp³-hybridized carbons (Fsp3) is 0.509. The van der Waals surface area contributed by atoms with Crippen LogP contribution in [0.1, 0.15) is 210 Å². The SMILES string of the molecule is CC.CCC.CCC.CCC.CCC.CCC.CCC.CCCC/C(=C(\C(=O)O)c1c(/C=C/C(=O)O/C(C(=O)O)=C(\CC)c2ccc(O)c(O)c2CC)ccc(O)c1O)c1ccc(O)c(O)c1. The summed E-state index contributed by atoms with van der Waals surface area (Å²) in [6, 6.07) is 8.62. The third-order valence-corrected chi connectivity index (χ3v) is 7.42. The Morgan fingerprint density at radius 1 is 0.552 bits per heavy atom. The van der Waals surface area contributed by atoms with Crippen molar-refractivity contribution in [1.29, 1.82) is 0 Å². The van der Waals surface area contributed by atoms with E-state index in [1.807, 2.05) is 20.8 Å². The minimum absolute atomic E-state index is 0.0556. The lowest BCUT2D eigenvalue weighted by Crippen LogP contribution is -2.13. The van der Waals surface area contributed by atoms with Crippen LogP contribution in [0, 0.1) is 0 Å². The van der Waals surface area contributed by atoms with Crippen LogP contribution in [-0.4, -0.2) is 58.8 Å². The quantitative estimate of drug-likeness (QED) is 0.0264. The van der Waals surface area contributed by atoms with Gasteiger partial charge in [0.1, 0.15) is 0 Å². The molecule has 0 saturated carbocycles. The van der Waals surface area contributed by atoms with Crippen molar-refractivity contribution >= 4 is 40.7 Å². The molecule has 0 fully saturated rings. The van der Waals surface area contributed by atoms with Gasteiger partial charge in [-0.3, -0.25) is 0 Å². The minimum atomic E-state index is -1.59. The summed E-state index contributed by atoms with van der Waals surface area (Å²) >= 11 is 0. The zero-order chi connectivity index (χ0) is 53.2. The summed E-state index contributed by atoms with van der Waals surface area (Å²) in [5.41, 5.74) is 0.0486. The van der Waals surface area contributed by atoms with Gasteiger partial charge in [-0.15, -0.1) is 0 Å². The Kier molecular flexibility index (Phi) is 46.0. The molecule has 0 aromatic heterocycles. The van der Waals surface area contributed by atoms with E-state index >= 15 is 0 Å². The number of phenolic OH excluding ortho intramolecular Hbond substituents is 6. The first-order chi connectivity index (χ1) is 31.7. The lowest BCUT2D eigenvalue weighted by Gasteiger charge is -2.17. The number of phenols is 6. The van der Waals surface area contributed by atoms with Gasteiger partial charge >= 0.3 is 17.9 Å². The van der Waals surface area contributed by atoms with Crippen LogP contribution in [0.25, 0.3) is 22.8 Å². The second-order valence-electron chi connectivity index (χ2n) is 14.6. The molecule has 0 unspecified atom stereocenters. The molecule has 0 amide bonds. The predicted molar refractivity (Wildman–Crippen MR) is 280 cm³/mol. The lowest BCUT2D eigenvalue weighted by atomic mass is 9.88. The number of carboxylic acid groups (broad SMARTS) is 2. The highest BCUT2D eigenvalue weighted by Crippen LogP contribution is 2.43. The third-order valence-electron chi connectivity index (χ3n) is 7.42. The Morgan fingerprint density at radius 3 is 1.40 bits per heavy atom. The van der Waals surface area contributed by atoms with Crippen LogP contribution in [0.15, 0.2) is 54.3 Å². The molecule has 0 aliphatic carbocycles. The van der Waals surface area contributed by atoms with Crippen LogP contribution in [-0.2, 0) is 25.5 Å². The average Bonchev–Trinajstić information content (AvgIpc) is 3.27. The van der Waals surface area contributed by atoms with E-state index in [2.05, 4.69) is 83.1 Å². The summed E-state index contributed by atoms with van der Waals surface area (Å²) in [6.45, 7) is 34.7. The van der Waals surface area contributed by atoms with Crippen molar-refractivity contribution in [2.24, 2.45) is 0 Å². The number of hydrogen-bond donors (Lipinski definition) is 8. The van der Waals surface area contributed by atoms with Crippen molar-refractivity contribution in [2.45, 2.75) is 188 Å². The number of unbranched alkanes of at least 4 members (excludes halogenated alkanes) is 1. The van der Waals surface area contributed by atoms with Gasteiger partial charge in [0.05, 0.1) is 5.57 Å². The fourth-order valence-corrected chi connectivity index (χ4v) is 5.13. The highest BCUT2D eigenvalue weighted by molar-refractivity contribution is 6.25. The Bertz CT molecular complexity index is 1890. The average molecular weight is 943 g/mol. The Morgan fingerprint density at radius 2 is 1.00 bits per heavy atom. The summed E-state index contributed by atoms with van der Waals surface area (Å²) in [4.78, 5) is 38.0. The predicted octanol–water partition coefficient (Wildman–Crippen LogP) is 15.7. The van der Waals surface area contributed by atoms with Crippen molar-refractivity contribution in [2.75, 3.05) is 0 Å². The molecule has 3 aromatic carbocycles. The molecule has 12 nitrogen and oxygen atoms in total. The first kappa shape index (κ1) is 70.1. The number of carbonyl (C=O) groups is 3. The van der Waals surface area contributed by atoms with Crippen molar-refractivity contribution in [3.63, 3.8) is 0 Å². The zero-order valence-electron chi connectivity index (χ0n) is 44.2. The first-order valence-corrected chi connectivity index (χ1v) is 24.2. The molecule has 0 radical (unpaired) electrons. The second-order valence-corrected chi connectivity index (χ2v) is 14.6. The molecule has 3 aromatic rings. The second kappa shape index (κ2) is 44.0. The monoisotopic (exact) mass is 943 g/mol. The summed E-state index contributed by atoms with van der Waals surface area (Å²) in [6.07, 6.45) is 11.0. The summed E-state index contributed by atoms with van der Waals surface area (Å²) in [7, 11) is 0. The molecule has 0 aliphatic rings. The van der Waals surface area contributed by atoms with Gasteiger partial charge in [-0.05, 0) is 78.3 Å². The number of rotatable bonds is 13. The van der Waals surface area contributed by atoms with Gasteiger partial charge in [-0.2, -0.15) is 0 Å². The number of hydrogen-bond acceptors (Lipinski definition) is 10. The van der Waals surface area contributed by atoms with Gasteiger partial charge in [-0.1, -0.05) is 181 Å². The van der Waals surface area contributed by atoms with Gasteiger partial charge in [0.15, 0.2) is 34.5 Å². The standard InChI is InChI=1S/C35H36O12.6C3H8.C2H6/c1-4-7-8-22(19-10-13-24(36)27(39)17-19)30(34(43)44)29-18(9-14-26(38)32(29)42)11-16-28(40)47-33(35(45)46)21(6-3)23-12-15-25(37)31(41)20(23)5-2;6*1-3-2;1-2/h9-17,36-39,41-42H,4-8H2,1-3H3,(H,43,44)(H,45,46);6*3H2,1-2H3;1-2H3/b16-11+,30-22+,33-21+;;;;;;;. The molecular weight excluding hydrogens is 853 g/mol. The van der Waals surface area contributed by atoms with Gasteiger partial charge in [0.2, 0.25) is 5.76 Å². The van der Waals surface area contributed by atoms with Crippen LogP contribution < -0.4 is 0 Å². The normalized spacial score (nSPS) is 10.4. The summed E-state index contributed by atoms with van der Waals surface area (Å²) in [5.74, 6) is -8.26.